The first-order chi connectivity index (χ1) is 7.97. The van der Waals surface area contributed by atoms with Crippen molar-refractivity contribution in [1.82, 2.24) is 15.3 Å². The Balaban J connectivity index is 2.41. The van der Waals surface area contributed by atoms with Crippen LogP contribution in [0.15, 0.2) is 12.1 Å². The normalized spacial score (nSPS) is 12.6. The van der Waals surface area contributed by atoms with Crippen LogP contribution in [0.5, 0.6) is 0 Å². The maximum atomic E-state index is 10.8. The predicted molar refractivity (Wildman–Crippen MR) is 66.7 cm³/mol. The van der Waals surface area contributed by atoms with Crippen molar-refractivity contribution in [1.29, 1.82) is 0 Å². The van der Waals surface area contributed by atoms with E-state index in [1.165, 1.54) is 11.1 Å². The SMILES string of the molecule is Cc1cc2nc(C(C)NC(N)=O)[nH]c2cc1C. The van der Waals surface area contributed by atoms with Crippen LogP contribution in [-0.4, -0.2) is 16.0 Å². The molecule has 90 valence electrons. The number of fused-ring (bicyclic) bond motifs is 1. The molecule has 5 nitrogen and oxygen atoms in total. The number of amides is 2. The number of hydrogen-bond acceptors (Lipinski definition) is 2. The number of hydrogen-bond donors (Lipinski definition) is 3. The summed E-state index contributed by atoms with van der Waals surface area (Å²) in [4.78, 5) is 18.4. The van der Waals surface area contributed by atoms with Crippen molar-refractivity contribution in [2.75, 3.05) is 0 Å². The number of aromatic amines is 1. The number of benzene rings is 1. The van der Waals surface area contributed by atoms with Gasteiger partial charge in [-0.25, -0.2) is 9.78 Å². The third-order valence-electron chi connectivity index (χ3n) is 2.88. The summed E-state index contributed by atoms with van der Waals surface area (Å²) in [6.07, 6.45) is 0. The smallest absolute Gasteiger partial charge is 0.312 e. The zero-order chi connectivity index (χ0) is 12.6. The fraction of sp³-hybridized carbons (Fsp3) is 0.333. The van der Waals surface area contributed by atoms with Crippen molar-refractivity contribution in [2.45, 2.75) is 26.8 Å². The van der Waals surface area contributed by atoms with Gasteiger partial charge >= 0.3 is 6.03 Å². The number of carbonyl (C=O) groups is 1. The molecule has 4 N–H and O–H groups in total. The Morgan fingerprint density at radius 3 is 2.71 bits per heavy atom. The fourth-order valence-corrected chi connectivity index (χ4v) is 1.78. The van der Waals surface area contributed by atoms with Crippen molar-refractivity contribution in [2.24, 2.45) is 5.73 Å². The molecule has 1 aromatic heterocycles. The van der Waals surface area contributed by atoms with Crippen molar-refractivity contribution in [3.05, 3.63) is 29.1 Å². The number of primary amides is 1. The van der Waals surface area contributed by atoms with Crippen LogP contribution in [0.1, 0.15) is 29.9 Å². The molecule has 1 aromatic carbocycles. The maximum absolute atomic E-state index is 10.8. The lowest BCUT2D eigenvalue weighted by atomic mass is 10.1. The molecule has 0 fully saturated rings. The summed E-state index contributed by atoms with van der Waals surface area (Å²) >= 11 is 0. The first kappa shape index (κ1) is 11.4. The molecule has 0 radical (unpaired) electrons. The Morgan fingerprint density at radius 2 is 2.06 bits per heavy atom. The van der Waals surface area contributed by atoms with Crippen molar-refractivity contribution < 1.29 is 4.79 Å². The van der Waals surface area contributed by atoms with Crippen LogP contribution < -0.4 is 11.1 Å². The number of carbonyl (C=O) groups excluding carboxylic acids is 1. The maximum Gasteiger partial charge on any atom is 0.312 e. The molecule has 17 heavy (non-hydrogen) atoms. The third kappa shape index (κ3) is 2.22. The van der Waals surface area contributed by atoms with Gasteiger partial charge in [-0.1, -0.05) is 0 Å². The van der Waals surface area contributed by atoms with Crippen LogP contribution in [0, 0.1) is 13.8 Å². The van der Waals surface area contributed by atoms with Gasteiger partial charge in [0, 0.05) is 0 Å². The molecule has 2 amide bonds. The van der Waals surface area contributed by atoms with E-state index in [1.54, 1.807) is 0 Å². The van der Waals surface area contributed by atoms with Gasteiger partial charge in [-0.05, 0) is 44.0 Å². The zero-order valence-electron chi connectivity index (χ0n) is 10.2. The number of nitrogens with one attached hydrogen (secondary N) is 2. The number of rotatable bonds is 2. The molecule has 1 heterocycles. The van der Waals surface area contributed by atoms with E-state index in [0.29, 0.717) is 5.82 Å². The van der Waals surface area contributed by atoms with E-state index in [2.05, 4.69) is 28.3 Å². The number of imidazole rings is 1. The van der Waals surface area contributed by atoms with Gasteiger partial charge in [0.1, 0.15) is 5.82 Å². The second-order valence-electron chi connectivity index (χ2n) is 4.31. The molecule has 0 aliphatic carbocycles. The third-order valence-corrected chi connectivity index (χ3v) is 2.88. The summed E-state index contributed by atoms with van der Waals surface area (Å²) in [6.45, 7) is 5.94. The average molecular weight is 232 g/mol. The number of H-pyrrole nitrogens is 1. The summed E-state index contributed by atoms with van der Waals surface area (Å²) in [5, 5.41) is 2.59. The summed E-state index contributed by atoms with van der Waals surface area (Å²) < 4.78 is 0. The average Bonchev–Trinajstić information content (AvgIpc) is 2.60. The number of aromatic nitrogens is 2. The Labute approximate surface area is 99.4 Å². The minimum Gasteiger partial charge on any atom is -0.352 e. The highest BCUT2D eigenvalue weighted by atomic mass is 16.2. The lowest BCUT2D eigenvalue weighted by Crippen LogP contribution is -2.32. The number of nitrogens with zero attached hydrogens (tertiary/aromatic N) is 1. The molecule has 0 bridgehead atoms. The summed E-state index contributed by atoms with van der Waals surface area (Å²) in [7, 11) is 0. The quantitative estimate of drug-likeness (QED) is 0.739. The van der Waals surface area contributed by atoms with E-state index in [4.69, 9.17) is 5.73 Å². The van der Waals surface area contributed by atoms with Gasteiger partial charge in [0.05, 0.1) is 17.1 Å². The number of urea groups is 1. The molecule has 1 atom stereocenters. The molecule has 0 saturated carbocycles. The fourth-order valence-electron chi connectivity index (χ4n) is 1.78. The minimum absolute atomic E-state index is 0.222. The number of nitrogens with two attached hydrogens (primary N) is 1. The Hall–Kier alpha value is -2.04. The topological polar surface area (TPSA) is 83.8 Å². The van der Waals surface area contributed by atoms with Crippen LogP contribution >= 0.6 is 0 Å². The summed E-state index contributed by atoms with van der Waals surface area (Å²) in [6, 6.07) is 3.31. The minimum atomic E-state index is -0.551. The molecule has 2 rings (SSSR count). The van der Waals surface area contributed by atoms with Crippen LogP contribution in [0.25, 0.3) is 11.0 Å². The molecule has 2 aromatic rings. The Bertz CT molecular complexity index is 534. The van der Waals surface area contributed by atoms with Crippen LogP contribution in [-0.2, 0) is 0 Å². The highest BCUT2D eigenvalue weighted by Gasteiger charge is 2.12. The second-order valence-corrected chi connectivity index (χ2v) is 4.31. The van der Waals surface area contributed by atoms with E-state index in [-0.39, 0.29) is 6.04 Å². The first-order valence-corrected chi connectivity index (χ1v) is 5.50. The van der Waals surface area contributed by atoms with Crippen LogP contribution in [0.2, 0.25) is 0 Å². The van der Waals surface area contributed by atoms with Crippen molar-refractivity contribution in [3.63, 3.8) is 0 Å². The van der Waals surface area contributed by atoms with Gasteiger partial charge in [0.2, 0.25) is 0 Å². The molecule has 0 aliphatic heterocycles. The van der Waals surface area contributed by atoms with Crippen molar-refractivity contribution in [3.8, 4) is 0 Å². The van der Waals surface area contributed by atoms with E-state index >= 15 is 0 Å². The van der Waals surface area contributed by atoms with Crippen LogP contribution in [0.3, 0.4) is 0 Å². The molecule has 0 saturated heterocycles. The van der Waals surface area contributed by atoms with E-state index in [9.17, 15) is 4.79 Å². The molecule has 1 unspecified atom stereocenters. The molecule has 5 heteroatoms. The monoisotopic (exact) mass is 232 g/mol. The van der Waals surface area contributed by atoms with Crippen molar-refractivity contribution >= 4 is 17.1 Å². The first-order valence-electron chi connectivity index (χ1n) is 5.50. The Kier molecular flexibility index (Phi) is 2.75. The highest BCUT2D eigenvalue weighted by Crippen LogP contribution is 2.19. The second kappa shape index (κ2) is 4.08. The van der Waals surface area contributed by atoms with E-state index in [1.807, 2.05) is 19.9 Å². The predicted octanol–water partition coefficient (Wildman–Crippen LogP) is 1.91. The van der Waals surface area contributed by atoms with Gasteiger partial charge in [0.15, 0.2) is 0 Å². The standard InChI is InChI=1S/C12H16N4O/c1-6-4-9-10(5-7(6)2)16-11(15-9)8(3)14-12(13)17/h4-5,8H,1-3H3,(H,15,16)(H3,13,14,17). The molecule has 0 spiro atoms. The zero-order valence-corrected chi connectivity index (χ0v) is 10.2. The lowest BCUT2D eigenvalue weighted by molar-refractivity contribution is 0.245. The molecular weight excluding hydrogens is 216 g/mol. The van der Waals surface area contributed by atoms with Gasteiger partial charge < -0.3 is 16.0 Å². The van der Waals surface area contributed by atoms with Gasteiger partial charge in [0.25, 0.3) is 0 Å². The molecular formula is C12H16N4O. The summed E-state index contributed by atoms with van der Waals surface area (Å²) in [5.41, 5.74) is 9.37. The largest absolute Gasteiger partial charge is 0.352 e. The number of aryl methyl sites for hydroxylation is 2. The van der Waals surface area contributed by atoms with Gasteiger partial charge in [-0.3, -0.25) is 0 Å². The van der Waals surface area contributed by atoms with Gasteiger partial charge in [-0.15, -0.1) is 0 Å². The van der Waals surface area contributed by atoms with Gasteiger partial charge in [-0.2, -0.15) is 0 Å². The van der Waals surface area contributed by atoms with E-state index < -0.39 is 6.03 Å². The summed E-state index contributed by atoms with van der Waals surface area (Å²) in [5.74, 6) is 0.712. The highest BCUT2D eigenvalue weighted by molar-refractivity contribution is 5.77. The van der Waals surface area contributed by atoms with E-state index in [0.717, 1.165) is 11.0 Å². The van der Waals surface area contributed by atoms with Crippen LogP contribution in [0.4, 0.5) is 4.79 Å². The Morgan fingerprint density at radius 1 is 1.41 bits per heavy atom. The lowest BCUT2D eigenvalue weighted by Gasteiger charge is -2.07. The molecule has 0 aliphatic rings.